The topological polar surface area (TPSA) is 69.2 Å². The van der Waals surface area contributed by atoms with E-state index in [1.807, 2.05) is 70.7 Å². The van der Waals surface area contributed by atoms with Gasteiger partial charge in [0.05, 0.1) is 11.1 Å². The average Bonchev–Trinajstić information content (AvgIpc) is 3.07. The van der Waals surface area contributed by atoms with Gasteiger partial charge in [-0.3, -0.25) is 14.9 Å². The first kappa shape index (κ1) is 20.2. The molecule has 0 aliphatic rings. The molecule has 4 aromatic rings. The Kier molecular flexibility index (Phi) is 5.75. The second-order valence-corrected chi connectivity index (χ2v) is 6.66. The van der Waals surface area contributed by atoms with Gasteiger partial charge in [0.25, 0.3) is 11.3 Å². The summed E-state index contributed by atoms with van der Waals surface area (Å²) in [6, 6.07) is 19.8. The maximum atomic E-state index is 12.9. The van der Waals surface area contributed by atoms with Crippen LogP contribution >= 0.6 is 0 Å². The summed E-state index contributed by atoms with van der Waals surface area (Å²) in [5, 5.41) is 11.0. The number of nitro groups is 1. The van der Waals surface area contributed by atoms with E-state index in [0.29, 0.717) is 5.56 Å². The Labute approximate surface area is 173 Å². The van der Waals surface area contributed by atoms with Crippen LogP contribution in [0.5, 0.6) is 0 Å². The van der Waals surface area contributed by atoms with Gasteiger partial charge in [0, 0.05) is 29.3 Å². The molecule has 29 heavy (non-hydrogen) atoms. The number of carbonyl (C=O) groups excluding carboxylic acids is 1. The van der Waals surface area contributed by atoms with Crippen LogP contribution in [-0.2, 0) is 6.54 Å². The molecule has 0 aliphatic carbocycles. The van der Waals surface area contributed by atoms with Crippen LogP contribution in [0.3, 0.4) is 0 Å². The number of aryl methyl sites for hydroxylation is 1. The van der Waals surface area contributed by atoms with Gasteiger partial charge in [-0.05, 0) is 13.0 Å². The molecular weight excluding hydrogens is 390 g/mol. The number of pyridine rings is 1. The summed E-state index contributed by atoms with van der Waals surface area (Å²) >= 11 is 0. The zero-order valence-electron chi connectivity index (χ0n) is 15.7. The zero-order chi connectivity index (χ0) is 19.7. The zero-order valence-corrected chi connectivity index (χ0v) is 16.4. The molecule has 4 rings (SSSR count). The number of benzene rings is 2. The highest BCUT2D eigenvalue weighted by Crippen LogP contribution is 2.22. The van der Waals surface area contributed by atoms with Crippen LogP contribution in [0.1, 0.15) is 15.9 Å². The Balaban J connectivity index is 0.00000240. The first-order valence-corrected chi connectivity index (χ1v) is 8.87. The van der Waals surface area contributed by atoms with Gasteiger partial charge in [-0.25, -0.2) is 8.97 Å². The lowest BCUT2D eigenvalue weighted by Gasteiger charge is -2.04. The Morgan fingerprint density at radius 1 is 1.07 bits per heavy atom. The molecule has 2 heterocycles. The molecule has 0 aliphatic heterocycles. The molecular formula is C22H18ClN3O3. The number of aromatic nitrogens is 2. The lowest BCUT2D eigenvalue weighted by atomic mass is 10.1. The number of nitro benzene ring substituents is 1. The highest BCUT2D eigenvalue weighted by Gasteiger charge is 2.22. The molecule has 0 radical (unpaired) electrons. The normalized spacial score (nSPS) is 10.5. The fraction of sp³-hybridized carbons (Fsp3) is 0.0909. The lowest BCUT2D eigenvalue weighted by Crippen LogP contribution is -3.00. The number of hydrogen-bond acceptors (Lipinski definition) is 3. The van der Waals surface area contributed by atoms with Crippen molar-refractivity contribution in [3.63, 3.8) is 0 Å². The number of nitrogens with zero attached hydrogens (tertiary/aromatic N) is 3. The van der Waals surface area contributed by atoms with Crippen LogP contribution < -0.4 is 16.8 Å². The van der Waals surface area contributed by atoms with Gasteiger partial charge in [0.2, 0.25) is 5.78 Å². The number of rotatable bonds is 5. The van der Waals surface area contributed by atoms with Crippen molar-refractivity contribution in [2.75, 3.05) is 0 Å². The van der Waals surface area contributed by atoms with Crippen LogP contribution in [0, 0.1) is 17.0 Å². The van der Waals surface area contributed by atoms with Crippen molar-refractivity contribution in [2.24, 2.45) is 0 Å². The molecule has 0 amide bonds. The van der Waals surface area contributed by atoms with Gasteiger partial charge < -0.3 is 12.4 Å². The quantitative estimate of drug-likeness (QED) is 0.214. The van der Waals surface area contributed by atoms with Crippen LogP contribution in [0.2, 0.25) is 0 Å². The Morgan fingerprint density at radius 3 is 2.55 bits per heavy atom. The van der Waals surface area contributed by atoms with Gasteiger partial charge in [-0.1, -0.05) is 48.0 Å². The second kappa shape index (κ2) is 8.24. The molecule has 0 saturated heterocycles. The third-order valence-electron chi connectivity index (χ3n) is 4.72. The maximum absolute atomic E-state index is 12.9. The molecule has 0 N–H and O–H groups in total. The third kappa shape index (κ3) is 4.02. The number of halogens is 1. The molecule has 6 nitrogen and oxygen atoms in total. The molecule has 0 bridgehead atoms. The van der Waals surface area contributed by atoms with Crippen molar-refractivity contribution < 1.29 is 26.5 Å². The summed E-state index contributed by atoms with van der Waals surface area (Å²) in [6.07, 6.45) is 3.92. The van der Waals surface area contributed by atoms with E-state index >= 15 is 0 Å². The molecule has 0 atom stereocenters. The molecule has 146 valence electrons. The molecule has 7 heteroatoms. The monoisotopic (exact) mass is 407 g/mol. The van der Waals surface area contributed by atoms with Crippen molar-refractivity contribution in [1.82, 2.24) is 4.57 Å². The van der Waals surface area contributed by atoms with Crippen molar-refractivity contribution in [3.8, 4) is 11.3 Å². The van der Waals surface area contributed by atoms with Crippen molar-refractivity contribution >= 4 is 17.1 Å². The predicted molar refractivity (Wildman–Crippen MR) is 105 cm³/mol. The second-order valence-electron chi connectivity index (χ2n) is 6.66. The average molecular weight is 408 g/mol. The number of ketones is 1. The Bertz CT molecular complexity index is 1200. The summed E-state index contributed by atoms with van der Waals surface area (Å²) in [7, 11) is 0. The minimum absolute atomic E-state index is 0. The Morgan fingerprint density at radius 2 is 1.83 bits per heavy atom. The summed E-state index contributed by atoms with van der Waals surface area (Å²) in [5.74, 6) is -0.181. The first-order valence-electron chi connectivity index (χ1n) is 8.87. The number of Topliss-reactive ketones (excluding diaryl/α,β-unsaturated/α-hetero) is 1. The standard InChI is InChI=1S/C22H18N3O3.ClH/c1-16-8-10-17(11-9-16)20-14-23-12-3-2-7-22(23)24(20)15-21(26)18-5-4-6-19(13-18)25(27)28;/h2-14H,15H2,1H3;1H/q+1;/p-1. The molecule has 2 aromatic heterocycles. The smallest absolute Gasteiger partial charge is 0.287 e. The van der Waals surface area contributed by atoms with E-state index in [2.05, 4.69) is 0 Å². The minimum atomic E-state index is -0.491. The van der Waals surface area contributed by atoms with E-state index < -0.39 is 4.92 Å². The van der Waals surface area contributed by atoms with E-state index in [1.165, 1.54) is 18.2 Å². The van der Waals surface area contributed by atoms with Gasteiger partial charge >= 0.3 is 0 Å². The fourth-order valence-electron chi connectivity index (χ4n) is 3.26. The van der Waals surface area contributed by atoms with Crippen LogP contribution in [-0.4, -0.2) is 15.3 Å². The number of fused-ring (bicyclic) bond motifs is 1. The number of carbonyl (C=O) groups is 1. The number of hydrogen-bond donors (Lipinski definition) is 0. The molecule has 2 aromatic carbocycles. The van der Waals surface area contributed by atoms with E-state index in [9.17, 15) is 14.9 Å². The van der Waals surface area contributed by atoms with Gasteiger partial charge in [-0.2, -0.15) is 0 Å². The van der Waals surface area contributed by atoms with E-state index in [1.54, 1.807) is 6.07 Å². The van der Waals surface area contributed by atoms with Crippen LogP contribution in [0.25, 0.3) is 16.9 Å². The van der Waals surface area contributed by atoms with Crippen LogP contribution in [0.15, 0.2) is 79.1 Å². The SMILES string of the molecule is Cc1ccc(-c2c[n+]3ccccc3n2CC(=O)c2cccc([N+](=O)[O-])c2)cc1.[Cl-]. The molecule has 0 unspecified atom stereocenters. The molecule has 0 fully saturated rings. The van der Waals surface area contributed by atoms with Gasteiger partial charge in [0.15, 0.2) is 12.2 Å². The maximum Gasteiger partial charge on any atom is 0.287 e. The highest BCUT2D eigenvalue weighted by molar-refractivity contribution is 5.97. The van der Waals surface area contributed by atoms with Crippen LogP contribution in [0.4, 0.5) is 5.69 Å². The summed E-state index contributed by atoms with van der Waals surface area (Å²) < 4.78 is 3.90. The number of imidazole rings is 1. The number of non-ortho nitro benzene ring substituents is 1. The van der Waals surface area contributed by atoms with E-state index in [0.717, 1.165) is 22.5 Å². The first-order chi connectivity index (χ1) is 13.5. The van der Waals surface area contributed by atoms with Crippen molar-refractivity contribution in [3.05, 3.63) is 100 Å². The summed E-state index contributed by atoms with van der Waals surface area (Å²) in [4.78, 5) is 23.4. The minimum Gasteiger partial charge on any atom is -1.00 e. The van der Waals surface area contributed by atoms with Crippen molar-refractivity contribution in [1.29, 1.82) is 0 Å². The highest BCUT2D eigenvalue weighted by atomic mass is 35.5. The largest absolute Gasteiger partial charge is 1.00 e. The lowest BCUT2D eigenvalue weighted by molar-refractivity contribution is -0.510. The molecule has 0 spiro atoms. The fourth-order valence-corrected chi connectivity index (χ4v) is 3.26. The predicted octanol–water partition coefficient (Wildman–Crippen LogP) is 0.997. The summed E-state index contributed by atoms with van der Waals surface area (Å²) in [6.45, 7) is 2.12. The van der Waals surface area contributed by atoms with E-state index in [-0.39, 0.29) is 30.4 Å². The third-order valence-corrected chi connectivity index (χ3v) is 4.72. The van der Waals surface area contributed by atoms with Gasteiger partial charge in [-0.15, -0.1) is 0 Å². The van der Waals surface area contributed by atoms with E-state index in [4.69, 9.17) is 0 Å². The van der Waals surface area contributed by atoms with Crippen molar-refractivity contribution in [2.45, 2.75) is 13.5 Å². The summed E-state index contributed by atoms with van der Waals surface area (Å²) in [5.41, 5.74) is 4.18. The Hall–Kier alpha value is -3.51. The van der Waals surface area contributed by atoms with Gasteiger partial charge in [0.1, 0.15) is 6.20 Å². The molecule has 0 saturated carbocycles.